The monoisotopic (exact) mass is 223 g/mol. The quantitative estimate of drug-likeness (QED) is 0.506. The Balaban J connectivity index is 3.70. The van der Waals surface area contributed by atoms with E-state index >= 15 is 0 Å². The van der Waals surface area contributed by atoms with E-state index in [1.807, 2.05) is 6.92 Å². The summed E-state index contributed by atoms with van der Waals surface area (Å²) in [5, 5.41) is 0. The van der Waals surface area contributed by atoms with Gasteiger partial charge in [-0.3, -0.25) is 0 Å². The molecule has 63 valence electrons. The summed E-state index contributed by atoms with van der Waals surface area (Å²) in [5.74, 6) is -0.524. The molecule has 0 saturated heterocycles. The van der Waals surface area contributed by atoms with Gasteiger partial charge in [-0.05, 0) is 0 Å². The Hall–Kier alpha value is -0.341. The van der Waals surface area contributed by atoms with Gasteiger partial charge in [0.1, 0.15) is 0 Å². The average molecular weight is 222 g/mol. The molecule has 11 heavy (non-hydrogen) atoms. The van der Waals surface area contributed by atoms with Gasteiger partial charge in [-0.1, -0.05) is 0 Å². The summed E-state index contributed by atoms with van der Waals surface area (Å²) in [6.45, 7) is 3.40. The minimum absolute atomic E-state index is 0.0475. The molecule has 0 saturated carbocycles. The summed E-state index contributed by atoms with van der Waals surface area (Å²) in [6, 6.07) is 0. The predicted octanol–water partition coefficient (Wildman–Crippen LogP) is 0.271. The molecule has 0 aromatic rings. The van der Waals surface area contributed by atoms with Crippen LogP contribution in [0.5, 0.6) is 0 Å². The van der Waals surface area contributed by atoms with Crippen LogP contribution in [-0.2, 0) is 14.3 Å². The van der Waals surface area contributed by atoms with Gasteiger partial charge >= 0.3 is 73.8 Å². The van der Waals surface area contributed by atoms with E-state index in [9.17, 15) is 9.59 Å². The van der Waals surface area contributed by atoms with Crippen LogP contribution in [0, 0.1) is 5.92 Å². The van der Waals surface area contributed by atoms with Crippen LogP contribution in [0.4, 0.5) is 0 Å². The second-order valence-corrected chi connectivity index (χ2v) is 3.07. The van der Waals surface area contributed by atoms with E-state index in [4.69, 9.17) is 0 Å². The standard InChI is InChI=1S/C7H11O3Se/c1-3-6(7(9)11)4-10-5(2)8/h6H,3-4H2,1-2H3. The minimum atomic E-state index is -0.343. The molecule has 3 nitrogen and oxygen atoms in total. The molecular weight excluding hydrogens is 211 g/mol. The molecule has 0 bridgehead atoms. The molecule has 0 aromatic carbocycles. The fourth-order valence-electron chi connectivity index (χ4n) is 0.571. The topological polar surface area (TPSA) is 43.4 Å². The Bertz CT molecular complexity index is 156. The van der Waals surface area contributed by atoms with E-state index in [1.165, 1.54) is 6.92 Å². The average Bonchev–Trinajstić information content (AvgIpc) is 1.87. The maximum absolute atomic E-state index is 10.7. The molecule has 0 amide bonds. The SMILES string of the molecule is CCC(COC(C)=O)C(=O)[Se]. The summed E-state index contributed by atoms with van der Waals surface area (Å²) >= 11 is 2.38. The Morgan fingerprint density at radius 3 is 2.36 bits per heavy atom. The van der Waals surface area contributed by atoms with Crippen molar-refractivity contribution in [2.24, 2.45) is 5.92 Å². The Labute approximate surface area is 74.3 Å². The van der Waals surface area contributed by atoms with E-state index in [1.54, 1.807) is 0 Å². The molecule has 0 heterocycles. The Morgan fingerprint density at radius 1 is 1.55 bits per heavy atom. The summed E-state index contributed by atoms with van der Waals surface area (Å²) in [5.41, 5.74) is 0. The predicted molar refractivity (Wildman–Crippen MR) is 41.2 cm³/mol. The van der Waals surface area contributed by atoms with Crippen molar-refractivity contribution in [3.05, 3.63) is 0 Å². The van der Waals surface area contributed by atoms with Crippen LogP contribution in [0.25, 0.3) is 0 Å². The van der Waals surface area contributed by atoms with Crippen molar-refractivity contribution < 1.29 is 14.3 Å². The number of esters is 1. The van der Waals surface area contributed by atoms with E-state index in [-0.39, 0.29) is 23.2 Å². The zero-order valence-electron chi connectivity index (χ0n) is 6.62. The number of rotatable bonds is 4. The fraction of sp³-hybridized carbons (Fsp3) is 0.714. The summed E-state index contributed by atoms with van der Waals surface area (Å²) in [6.07, 6.45) is 0.694. The van der Waals surface area contributed by atoms with Crippen molar-refractivity contribution in [3.63, 3.8) is 0 Å². The van der Waals surface area contributed by atoms with Crippen LogP contribution in [0.2, 0.25) is 0 Å². The molecule has 1 atom stereocenters. The number of carbonyl (C=O) groups is 2. The second kappa shape index (κ2) is 5.33. The maximum atomic E-state index is 10.7. The fourth-order valence-corrected chi connectivity index (χ4v) is 1.06. The molecule has 0 aliphatic heterocycles. The molecule has 1 unspecified atom stereocenters. The first-order chi connectivity index (χ1) is 5.07. The zero-order valence-corrected chi connectivity index (χ0v) is 8.34. The Kier molecular flexibility index (Phi) is 5.16. The first-order valence-electron chi connectivity index (χ1n) is 3.42. The molecular formula is C7H11O3Se. The molecule has 0 aliphatic carbocycles. The van der Waals surface area contributed by atoms with Crippen LogP contribution < -0.4 is 0 Å². The molecule has 4 heteroatoms. The molecule has 0 rings (SSSR count). The van der Waals surface area contributed by atoms with Crippen LogP contribution >= 0.6 is 0 Å². The van der Waals surface area contributed by atoms with Crippen LogP contribution in [0.15, 0.2) is 0 Å². The normalized spacial score (nSPS) is 12.2. The number of hydrogen-bond donors (Lipinski definition) is 0. The van der Waals surface area contributed by atoms with Gasteiger partial charge in [-0.15, -0.1) is 0 Å². The van der Waals surface area contributed by atoms with Crippen molar-refractivity contribution in [2.45, 2.75) is 20.3 Å². The van der Waals surface area contributed by atoms with Crippen molar-refractivity contribution in [1.29, 1.82) is 0 Å². The number of carbonyl (C=O) groups excluding carboxylic acids is 2. The summed E-state index contributed by atoms with van der Waals surface area (Å²) in [7, 11) is 0. The number of ether oxygens (including phenoxy) is 1. The molecule has 0 N–H and O–H groups in total. The molecule has 0 aromatic heterocycles. The first kappa shape index (κ1) is 10.7. The van der Waals surface area contributed by atoms with Gasteiger partial charge in [-0.25, -0.2) is 0 Å². The van der Waals surface area contributed by atoms with Crippen molar-refractivity contribution in [3.8, 4) is 0 Å². The molecule has 0 aliphatic rings. The third kappa shape index (κ3) is 4.99. The van der Waals surface area contributed by atoms with E-state index in [0.29, 0.717) is 6.42 Å². The van der Waals surface area contributed by atoms with Gasteiger partial charge in [0.25, 0.3) is 0 Å². The van der Waals surface area contributed by atoms with Crippen LogP contribution in [0.3, 0.4) is 0 Å². The van der Waals surface area contributed by atoms with Crippen molar-refractivity contribution in [1.82, 2.24) is 0 Å². The van der Waals surface area contributed by atoms with Gasteiger partial charge in [0.05, 0.1) is 0 Å². The van der Waals surface area contributed by atoms with Crippen molar-refractivity contribution in [2.75, 3.05) is 6.61 Å². The van der Waals surface area contributed by atoms with Gasteiger partial charge in [-0.2, -0.15) is 0 Å². The van der Waals surface area contributed by atoms with E-state index in [0.717, 1.165) is 0 Å². The van der Waals surface area contributed by atoms with Crippen LogP contribution in [0.1, 0.15) is 20.3 Å². The zero-order chi connectivity index (χ0) is 8.85. The third-order valence-corrected chi connectivity index (χ3v) is 2.01. The first-order valence-corrected chi connectivity index (χ1v) is 4.27. The third-order valence-electron chi connectivity index (χ3n) is 1.31. The number of hydrogen-bond acceptors (Lipinski definition) is 3. The van der Waals surface area contributed by atoms with E-state index < -0.39 is 0 Å². The van der Waals surface area contributed by atoms with E-state index in [2.05, 4.69) is 20.7 Å². The van der Waals surface area contributed by atoms with Gasteiger partial charge < -0.3 is 0 Å². The molecule has 1 radical (unpaired) electrons. The van der Waals surface area contributed by atoms with Gasteiger partial charge in [0.15, 0.2) is 0 Å². The van der Waals surface area contributed by atoms with Gasteiger partial charge in [0, 0.05) is 0 Å². The summed E-state index contributed by atoms with van der Waals surface area (Å²) in [4.78, 5) is 21.1. The molecule has 0 spiro atoms. The van der Waals surface area contributed by atoms with Gasteiger partial charge in [0.2, 0.25) is 0 Å². The Morgan fingerprint density at radius 2 is 2.09 bits per heavy atom. The molecule has 0 fully saturated rings. The van der Waals surface area contributed by atoms with Crippen molar-refractivity contribution >= 4 is 26.7 Å². The second-order valence-electron chi connectivity index (χ2n) is 2.23. The van der Waals surface area contributed by atoms with Crippen LogP contribution in [-0.4, -0.2) is 33.3 Å². The summed E-state index contributed by atoms with van der Waals surface area (Å²) < 4.78 is 4.63.